The van der Waals surface area contributed by atoms with Gasteiger partial charge in [0, 0.05) is 12.6 Å². The topological polar surface area (TPSA) is 76.7 Å². The first kappa shape index (κ1) is 15.2. The summed E-state index contributed by atoms with van der Waals surface area (Å²) in [4.78, 5) is 13.2. The highest BCUT2D eigenvalue weighted by Gasteiger charge is 2.14. The molecule has 5 heteroatoms. The minimum absolute atomic E-state index is 0.223. The first-order chi connectivity index (χ1) is 10.9. The van der Waals surface area contributed by atoms with E-state index in [0.29, 0.717) is 11.5 Å². The van der Waals surface area contributed by atoms with E-state index in [1.165, 1.54) is 27.8 Å². The summed E-state index contributed by atoms with van der Waals surface area (Å²) in [7, 11) is 1.81. The Morgan fingerprint density at radius 1 is 0.913 bits per heavy atom. The predicted molar refractivity (Wildman–Crippen MR) is 95.7 cm³/mol. The molecule has 0 bridgehead atoms. The summed E-state index contributed by atoms with van der Waals surface area (Å²) in [6.45, 7) is 8.53. The van der Waals surface area contributed by atoms with Gasteiger partial charge in [-0.3, -0.25) is 0 Å². The average molecular weight is 307 g/mol. The molecule has 118 valence electrons. The molecule has 0 aliphatic carbocycles. The summed E-state index contributed by atoms with van der Waals surface area (Å²) in [6.07, 6.45) is 0. The van der Waals surface area contributed by atoms with Crippen LogP contribution in [-0.2, 0) is 0 Å². The number of rotatable bonds is 2. The number of anilines is 2. The molecule has 5 nitrogen and oxygen atoms in total. The number of hydrogen-bond donors (Lipinski definition) is 2. The summed E-state index contributed by atoms with van der Waals surface area (Å²) in [5, 5.41) is 3.91. The number of nitrogens with two attached hydrogens (primary N) is 1. The second kappa shape index (κ2) is 5.50. The number of aromatic nitrogens is 3. The van der Waals surface area contributed by atoms with E-state index in [2.05, 4.69) is 49.0 Å². The fourth-order valence-corrected chi connectivity index (χ4v) is 2.96. The minimum Gasteiger partial charge on any atom is -0.372 e. The third kappa shape index (κ3) is 2.48. The van der Waals surface area contributed by atoms with Crippen LogP contribution in [0.5, 0.6) is 0 Å². The lowest BCUT2D eigenvalue weighted by Gasteiger charge is -2.15. The van der Waals surface area contributed by atoms with E-state index in [9.17, 15) is 0 Å². The zero-order valence-corrected chi connectivity index (χ0v) is 14.2. The molecule has 23 heavy (non-hydrogen) atoms. The van der Waals surface area contributed by atoms with E-state index in [0.717, 1.165) is 11.1 Å². The van der Waals surface area contributed by atoms with E-state index >= 15 is 0 Å². The van der Waals surface area contributed by atoms with Crippen LogP contribution < -0.4 is 11.1 Å². The van der Waals surface area contributed by atoms with Crippen molar-refractivity contribution in [2.45, 2.75) is 27.7 Å². The molecule has 3 N–H and O–H groups in total. The van der Waals surface area contributed by atoms with Gasteiger partial charge in [-0.2, -0.15) is 9.97 Å². The Bertz CT molecular complexity index is 889. The quantitative estimate of drug-likeness (QED) is 0.757. The molecule has 0 saturated carbocycles. The Morgan fingerprint density at radius 3 is 2.17 bits per heavy atom. The molecule has 3 rings (SSSR count). The van der Waals surface area contributed by atoms with Gasteiger partial charge in [-0.15, -0.1) is 0 Å². The molecule has 2 aromatic heterocycles. The van der Waals surface area contributed by atoms with E-state index in [4.69, 9.17) is 10.7 Å². The van der Waals surface area contributed by atoms with Crippen LogP contribution in [0.4, 0.5) is 11.8 Å². The third-order valence-electron chi connectivity index (χ3n) is 4.44. The van der Waals surface area contributed by atoms with Crippen molar-refractivity contribution in [1.29, 1.82) is 0 Å². The number of fused-ring (bicyclic) bond motifs is 1. The third-order valence-corrected chi connectivity index (χ3v) is 4.44. The molecule has 0 aliphatic heterocycles. The fraction of sp³-hybridized carbons (Fsp3) is 0.278. The predicted octanol–water partition coefficient (Wildman–Crippen LogP) is 3.55. The molecule has 2 heterocycles. The Kier molecular flexibility index (Phi) is 3.64. The fourth-order valence-electron chi connectivity index (χ4n) is 2.96. The normalized spacial score (nSPS) is 11.0. The molecule has 0 aliphatic rings. The van der Waals surface area contributed by atoms with Gasteiger partial charge in [-0.1, -0.05) is 6.07 Å². The molecule has 1 aromatic carbocycles. The zero-order chi connectivity index (χ0) is 16.7. The number of nitrogens with zero attached hydrogens (tertiary/aromatic N) is 3. The molecular weight excluding hydrogens is 286 g/mol. The molecule has 0 unspecified atom stereocenters. The average Bonchev–Trinajstić information content (AvgIpc) is 2.52. The van der Waals surface area contributed by atoms with Crippen molar-refractivity contribution in [1.82, 2.24) is 15.0 Å². The van der Waals surface area contributed by atoms with Gasteiger partial charge >= 0.3 is 0 Å². The zero-order valence-electron chi connectivity index (χ0n) is 14.2. The van der Waals surface area contributed by atoms with Gasteiger partial charge in [0.15, 0.2) is 5.65 Å². The molecule has 3 aromatic rings. The Morgan fingerprint density at radius 2 is 1.57 bits per heavy atom. The molecular formula is C18H21N5. The van der Waals surface area contributed by atoms with Gasteiger partial charge in [0.05, 0.1) is 11.1 Å². The lowest BCUT2D eigenvalue weighted by molar-refractivity contribution is 1.18. The summed E-state index contributed by atoms with van der Waals surface area (Å²) >= 11 is 0. The number of nitrogen functional groups attached to an aromatic ring is 1. The van der Waals surface area contributed by atoms with Gasteiger partial charge < -0.3 is 11.1 Å². The van der Waals surface area contributed by atoms with Gasteiger partial charge in [0.1, 0.15) is 5.82 Å². The molecule has 0 spiro atoms. The van der Waals surface area contributed by atoms with Crippen molar-refractivity contribution in [3.05, 3.63) is 40.5 Å². The summed E-state index contributed by atoms with van der Waals surface area (Å²) in [5.74, 6) is 0.917. The summed E-state index contributed by atoms with van der Waals surface area (Å²) in [5.41, 5.74) is 13.5. The van der Waals surface area contributed by atoms with Gasteiger partial charge in [-0.05, 0) is 62.1 Å². The van der Waals surface area contributed by atoms with Crippen molar-refractivity contribution >= 4 is 22.8 Å². The van der Waals surface area contributed by atoms with Crippen molar-refractivity contribution in [3.8, 4) is 11.3 Å². The highest BCUT2D eigenvalue weighted by Crippen LogP contribution is 2.32. The molecule has 0 radical (unpaired) electrons. The lowest BCUT2D eigenvalue weighted by Crippen LogP contribution is -2.03. The lowest BCUT2D eigenvalue weighted by atomic mass is 9.92. The maximum atomic E-state index is 5.79. The summed E-state index contributed by atoms with van der Waals surface area (Å²) < 4.78 is 0. The molecule has 0 atom stereocenters. The second-order valence-corrected chi connectivity index (χ2v) is 5.88. The molecule has 0 fully saturated rings. The molecule has 0 saturated heterocycles. The Labute approximate surface area is 136 Å². The van der Waals surface area contributed by atoms with E-state index in [-0.39, 0.29) is 5.95 Å². The first-order valence-electron chi connectivity index (χ1n) is 7.62. The van der Waals surface area contributed by atoms with Gasteiger partial charge in [0.2, 0.25) is 5.95 Å². The van der Waals surface area contributed by atoms with Crippen LogP contribution in [0.25, 0.3) is 22.3 Å². The highest BCUT2D eigenvalue weighted by molar-refractivity contribution is 5.89. The standard InChI is InChI=1S/C18H21N5/c1-9-8-10(2)12(4)15(11(9)3)14-7-6-13-16(20-5)22-18(19)23-17(13)21-14/h6-8H,1-5H3,(H3,19,20,21,22,23). The maximum absolute atomic E-state index is 5.79. The van der Waals surface area contributed by atoms with Crippen molar-refractivity contribution in [2.24, 2.45) is 0 Å². The van der Waals surface area contributed by atoms with Crippen LogP contribution in [0.2, 0.25) is 0 Å². The van der Waals surface area contributed by atoms with Crippen LogP contribution in [0.1, 0.15) is 22.3 Å². The number of aryl methyl sites for hydroxylation is 2. The second-order valence-electron chi connectivity index (χ2n) is 5.88. The highest BCUT2D eigenvalue weighted by atomic mass is 15.1. The van der Waals surface area contributed by atoms with Crippen LogP contribution in [0.3, 0.4) is 0 Å². The molecule has 0 amide bonds. The monoisotopic (exact) mass is 307 g/mol. The first-order valence-corrected chi connectivity index (χ1v) is 7.62. The van der Waals surface area contributed by atoms with Crippen LogP contribution >= 0.6 is 0 Å². The summed E-state index contributed by atoms with van der Waals surface area (Å²) in [6, 6.07) is 6.24. The largest absolute Gasteiger partial charge is 0.372 e. The van der Waals surface area contributed by atoms with Crippen LogP contribution in [0, 0.1) is 27.7 Å². The van der Waals surface area contributed by atoms with Crippen LogP contribution in [0.15, 0.2) is 18.2 Å². The number of pyridine rings is 1. The number of hydrogen-bond acceptors (Lipinski definition) is 5. The smallest absolute Gasteiger partial charge is 0.224 e. The Balaban J connectivity index is 2.31. The van der Waals surface area contributed by atoms with Gasteiger partial charge in [-0.25, -0.2) is 4.98 Å². The van der Waals surface area contributed by atoms with Crippen molar-refractivity contribution in [3.63, 3.8) is 0 Å². The van der Waals surface area contributed by atoms with E-state index in [1.807, 2.05) is 19.2 Å². The van der Waals surface area contributed by atoms with Crippen LogP contribution in [-0.4, -0.2) is 22.0 Å². The maximum Gasteiger partial charge on any atom is 0.224 e. The van der Waals surface area contributed by atoms with Crippen molar-refractivity contribution < 1.29 is 0 Å². The minimum atomic E-state index is 0.223. The van der Waals surface area contributed by atoms with E-state index < -0.39 is 0 Å². The van der Waals surface area contributed by atoms with Gasteiger partial charge in [0.25, 0.3) is 0 Å². The van der Waals surface area contributed by atoms with E-state index in [1.54, 1.807) is 0 Å². The SMILES string of the molecule is CNc1nc(N)nc2nc(-c3c(C)c(C)cc(C)c3C)ccc12. The number of nitrogens with one attached hydrogen (secondary N) is 1. The van der Waals surface area contributed by atoms with Crippen molar-refractivity contribution in [2.75, 3.05) is 18.1 Å². The Hall–Kier alpha value is -2.69. The number of benzene rings is 1.